The zero-order valence-corrected chi connectivity index (χ0v) is 24.8. The molecule has 0 spiro atoms. The fourth-order valence-electron chi connectivity index (χ4n) is 5.50. The highest BCUT2D eigenvalue weighted by Crippen LogP contribution is 2.49. The van der Waals surface area contributed by atoms with Crippen LogP contribution in [0, 0.1) is 5.92 Å². The lowest BCUT2D eigenvalue weighted by atomic mass is 9.83. The summed E-state index contributed by atoms with van der Waals surface area (Å²) in [7, 11) is 0.838. The zero-order chi connectivity index (χ0) is 27.5. The van der Waals surface area contributed by atoms with Crippen LogP contribution in [0.5, 0.6) is 0 Å². The third-order valence-corrected chi connectivity index (χ3v) is 12.7. The average Bonchev–Trinajstić information content (AvgIpc) is 3.60. The van der Waals surface area contributed by atoms with Crippen LogP contribution in [0.15, 0.2) is 5.16 Å². The maximum absolute atomic E-state index is 7.12. The van der Waals surface area contributed by atoms with E-state index in [0.29, 0.717) is 12.3 Å². The number of methoxy groups -OCH3 is 2. The van der Waals surface area contributed by atoms with Gasteiger partial charge in [-0.2, -0.15) is 0 Å². The molecule has 0 aliphatic carbocycles. The predicted molar refractivity (Wildman–Crippen MR) is 135 cm³/mol. The van der Waals surface area contributed by atoms with Gasteiger partial charge in [0.25, 0.3) is 0 Å². The molecule has 10 atom stereocenters. The maximum Gasteiger partial charge on any atom is 0.192 e. The van der Waals surface area contributed by atoms with Gasteiger partial charge in [-0.25, -0.2) is 0 Å². The Labute approximate surface area is 225 Å². The van der Waals surface area contributed by atoms with Crippen molar-refractivity contribution >= 4 is 14.0 Å². The maximum atomic E-state index is 7.12. The molecule has 2 bridgehead atoms. The summed E-state index contributed by atoms with van der Waals surface area (Å²) in [5, 5.41) is 4.49. The summed E-state index contributed by atoms with van der Waals surface area (Å²) < 4.78 is 60.1. The first kappa shape index (κ1) is 28.8. The van der Waals surface area contributed by atoms with Crippen molar-refractivity contribution in [3.8, 4) is 0 Å². The molecule has 5 heterocycles. The molecule has 13 heteroatoms. The second kappa shape index (κ2) is 10.6. The van der Waals surface area contributed by atoms with E-state index in [2.05, 4.69) is 39.0 Å². The zero-order valence-electron chi connectivity index (χ0n) is 23.8. The van der Waals surface area contributed by atoms with Gasteiger partial charge >= 0.3 is 0 Å². The van der Waals surface area contributed by atoms with Crippen LogP contribution >= 0.6 is 0 Å². The Bertz CT molecular complexity index is 880. The van der Waals surface area contributed by atoms with Crippen molar-refractivity contribution in [2.45, 2.75) is 114 Å². The minimum atomic E-state index is -2.33. The minimum absolute atomic E-state index is 0.0627. The largest absolute Gasteiger partial charge is 0.408 e. The molecule has 0 aromatic rings. The lowest BCUT2D eigenvalue weighted by Crippen LogP contribution is -2.58. The van der Waals surface area contributed by atoms with Crippen LogP contribution in [0.1, 0.15) is 34.6 Å². The van der Waals surface area contributed by atoms with Gasteiger partial charge in [-0.15, -0.1) is 0 Å². The van der Waals surface area contributed by atoms with E-state index in [9.17, 15) is 0 Å². The molecule has 5 aliphatic rings. The van der Waals surface area contributed by atoms with Gasteiger partial charge in [-0.05, 0) is 32.0 Å². The van der Waals surface area contributed by atoms with E-state index in [1.54, 1.807) is 14.2 Å². The first-order valence-corrected chi connectivity index (χ1v) is 16.2. The Morgan fingerprint density at radius 2 is 1.68 bits per heavy atom. The highest BCUT2D eigenvalue weighted by Gasteiger charge is 2.65. The van der Waals surface area contributed by atoms with Crippen LogP contribution in [0.4, 0.5) is 0 Å². The van der Waals surface area contributed by atoms with Crippen molar-refractivity contribution in [3.05, 3.63) is 0 Å². The smallest absolute Gasteiger partial charge is 0.192 e. The van der Waals surface area contributed by atoms with Crippen molar-refractivity contribution in [3.63, 3.8) is 0 Å². The second-order valence-electron chi connectivity index (χ2n) is 12.4. The van der Waals surface area contributed by atoms with Gasteiger partial charge in [-0.3, -0.25) is 0 Å². The SMILES string of the molecule is COCOC[C@H]1O[C@H]2O[C@@H]1[C@H]([C@H](O[Si](C)(C)C(C)(C)C)C1=NO[C@@H]3[C@H]4OC(C)(C)O[C@H]4O[C@H]13)[C@H]2OCOC. The Hall–Kier alpha value is -0.713. The van der Waals surface area contributed by atoms with E-state index >= 15 is 0 Å². The summed E-state index contributed by atoms with van der Waals surface area (Å²) in [4.78, 5) is 5.95. The minimum Gasteiger partial charge on any atom is -0.408 e. The molecule has 218 valence electrons. The molecule has 0 aromatic heterocycles. The van der Waals surface area contributed by atoms with Gasteiger partial charge < -0.3 is 51.9 Å². The molecule has 4 fully saturated rings. The van der Waals surface area contributed by atoms with E-state index < -0.39 is 51.1 Å². The summed E-state index contributed by atoms with van der Waals surface area (Å²) in [6.07, 6.45) is -4.14. The Balaban J connectivity index is 1.45. The number of hydrogen-bond donors (Lipinski definition) is 0. The predicted octanol–water partition coefficient (Wildman–Crippen LogP) is 2.36. The molecule has 0 N–H and O–H groups in total. The van der Waals surface area contributed by atoms with Crippen LogP contribution in [0.25, 0.3) is 0 Å². The summed E-state index contributed by atoms with van der Waals surface area (Å²) in [6.45, 7) is 15.3. The molecule has 5 aliphatic heterocycles. The van der Waals surface area contributed by atoms with Crippen LogP contribution in [-0.4, -0.2) is 110 Å². The van der Waals surface area contributed by atoms with Gasteiger partial charge in [0.05, 0.1) is 24.7 Å². The van der Waals surface area contributed by atoms with E-state index in [4.69, 9.17) is 51.9 Å². The molecule has 0 aromatic carbocycles. The van der Waals surface area contributed by atoms with E-state index in [1.807, 2.05) is 13.8 Å². The molecule has 12 nitrogen and oxygen atoms in total. The van der Waals surface area contributed by atoms with Gasteiger partial charge in [0, 0.05) is 14.2 Å². The first-order chi connectivity index (χ1) is 17.9. The molecular weight excluding hydrogens is 518 g/mol. The molecule has 38 heavy (non-hydrogen) atoms. The number of hydrogen-bond acceptors (Lipinski definition) is 12. The van der Waals surface area contributed by atoms with Gasteiger partial charge in [0.2, 0.25) is 0 Å². The molecule has 5 rings (SSSR count). The summed E-state index contributed by atoms with van der Waals surface area (Å²) in [5.74, 6) is -1.04. The third-order valence-electron chi connectivity index (χ3n) is 8.29. The summed E-state index contributed by atoms with van der Waals surface area (Å²) in [5.41, 5.74) is 0.656. The van der Waals surface area contributed by atoms with E-state index in [-0.39, 0.29) is 42.9 Å². The normalized spacial score (nSPS) is 40.2. The number of fused-ring (bicyclic) bond motifs is 5. The summed E-state index contributed by atoms with van der Waals surface area (Å²) in [6, 6.07) is 0. The van der Waals surface area contributed by atoms with Crippen molar-refractivity contribution in [2.24, 2.45) is 11.1 Å². The topological polar surface area (TPSA) is 114 Å². The molecule has 0 saturated carbocycles. The lowest BCUT2D eigenvalue weighted by Gasteiger charge is -2.44. The van der Waals surface area contributed by atoms with E-state index in [1.165, 1.54) is 0 Å². The van der Waals surface area contributed by atoms with Crippen molar-refractivity contribution in [1.82, 2.24) is 0 Å². The van der Waals surface area contributed by atoms with Gasteiger partial charge in [-0.1, -0.05) is 25.9 Å². The molecule has 0 amide bonds. The Kier molecular flexibility index (Phi) is 8.03. The quantitative estimate of drug-likeness (QED) is 0.210. The monoisotopic (exact) mass is 561 g/mol. The molecule has 0 unspecified atom stereocenters. The van der Waals surface area contributed by atoms with Crippen LogP contribution < -0.4 is 0 Å². The van der Waals surface area contributed by atoms with Crippen molar-refractivity contribution in [2.75, 3.05) is 34.4 Å². The van der Waals surface area contributed by atoms with Crippen LogP contribution in [0.2, 0.25) is 18.1 Å². The molecule has 4 saturated heterocycles. The molecular formula is C25H43NO11Si. The fraction of sp³-hybridized carbons (Fsp3) is 0.960. The average molecular weight is 562 g/mol. The summed E-state index contributed by atoms with van der Waals surface area (Å²) >= 11 is 0. The number of nitrogens with zero attached hydrogens (tertiary/aromatic N) is 1. The van der Waals surface area contributed by atoms with Gasteiger partial charge in [0.1, 0.15) is 37.6 Å². The van der Waals surface area contributed by atoms with Crippen LogP contribution in [0.3, 0.4) is 0 Å². The van der Waals surface area contributed by atoms with E-state index in [0.717, 1.165) is 0 Å². The standard InChI is InChI=1S/C25H43NO11Si/c1-24(2,3)38(8,9)37-17(15-19-20(36-26-15)21-23(33-19)35-25(4,5)34-21)14-16-13(10-29-11-27-6)31-22(32-16)18(14)30-12-28-7/h13-14,16-23H,10-12H2,1-9H3/t13-,14-,16+,17+,18-,19-,20+,21-,22+,23-/m1/s1. The fourth-order valence-corrected chi connectivity index (χ4v) is 6.77. The Morgan fingerprint density at radius 1 is 0.947 bits per heavy atom. The molecule has 0 radical (unpaired) electrons. The van der Waals surface area contributed by atoms with Crippen molar-refractivity contribution in [1.29, 1.82) is 0 Å². The Morgan fingerprint density at radius 3 is 2.37 bits per heavy atom. The highest BCUT2D eigenvalue weighted by atomic mass is 28.4. The van der Waals surface area contributed by atoms with Crippen molar-refractivity contribution < 1.29 is 51.9 Å². The third kappa shape index (κ3) is 5.20. The second-order valence-corrected chi connectivity index (χ2v) is 17.2. The van der Waals surface area contributed by atoms with Crippen LogP contribution in [-0.2, 0) is 51.9 Å². The van der Waals surface area contributed by atoms with Gasteiger partial charge in [0.15, 0.2) is 38.9 Å². The number of rotatable bonds is 11. The first-order valence-electron chi connectivity index (χ1n) is 13.3. The number of oxime groups is 1. The lowest BCUT2D eigenvalue weighted by molar-refractivity contribution is -0.207. The highest BCUT2D eigenvalue weighted by molar-refractivity contribution is 6.74. The number of ether oxygens (including phenoxy) is 9.